The topological polar surface area (TPSA) is 40.5 Å². The van der Waals surface area contributed by atoms with E-state index in [9.17, 15) is 13.6 Å². The number of halogens is 2. The van der Waals surface area contributed by atoms with Crippen LogP contribution in [0.25, 0.3) is 0 Å². The van der Waals surface area contributed by atoms with Crippen molar-refractivity contribution in [2.75, 3.05) is 19.7 Å². The molecule has 0 saturated heterocycles. The van der Waals surface area contributed by atoms with Crippen LogP contribution in [0, 0.1) is 17.8 Å². The molecule has 3 nitrogen and oxygen atoms in total. The summed E-state index contributed by atoms with van der Waals surface area (Å²) in [6.07, 6.45) is 3.33. The summed E-state index contributed by atoms with van der Waals surface area (Å²) in [5.41, 5.74) is 0. The number of aliphatic hydroxyl groups excluding tert-OH is 1. The van der Waals surface area contributed by atoms with Crippen molar-refractivity contribution in [3.05, 3.63) is 12.2 Å². The largest absolute Gasteiger partial charge is 0.395 e. The quantitative estimate of drug-likeness (QED) is 0.741. The zero-order valence-corrected chi connectivity index (χ0v) is 9.56. The molecule has 2 aliphatic carbocycles. The molecule has 0 aromatic carbocycles. The lowest BCUT2D eigenvalue weighted by molar-refractivity contribution is -0.138. The number of aliphatic hydroxyl groups is 1. The average Bonchev–Trinajstić information content (AvgIpc) is 2.88. The van der Waals surface area contributed by atoms with Gasteiger partial charge in [0.25, 0.3) is 6.43 Å². The van der Waals surface area contributed by atoms with Crippen molar-refractivity contribution in [1.29, 1.82) is 0 Å². The molecule has 3 atom stereocenters. The highest BCUT2D eigenvalue weighted by molar-refractivity contribution is 5.80. The van der Waals surface area contributed by atoms with Gasteiger partial charge in [-0.3, -0.25) is 4.79 Å². The molecule has 0 aromatic heterocycles. The Morgan fingerprint density at radius 3 is 2.65 bits per heavy atom. The summed E-state index contributed by atoms with van der Waals surface area (Å²) in [6, 6.07) is 0. The maximum absolute atomic E-state index is 12.4. The van der Waals surface area contributed by atoms with Gasteiger partial charge in [0.1, 0.15) is 0 Å². The van der Waals surface area contributed by atoms with Gasteiger partial charge in [-0.25, -0.2) is 8.78 Å². The number of carbonyl (C=O) groups excluding carboxylic acids is 1. The predicted octanol–water partition coefficient (Wildman–Crippen LogP) is 1.28. The third-order valence-corrected chi connectivity index (χ3v) is 3.64. The summed E-state index contributed by atoms with van der Waals surface area (Å²) in [7, 11) is 0. The standard InChI is InChI=1S/C12H17F2NO2/c13-11(14)7-15(3-4-16)12(17)10-6-8-1-2-9(10)5-8/h1-2,8-11,16H,3-7H2. The van der Waals surface area contributed by atoms with E-state index in [0.717, 1.165) is 17.7 Å². The van der Waals surface area contributed by atoms with Crippen LogP contribution in [0.3, 0.4) is 0 Å². The van der Waals surface area contributed by atoms with E-state index in [0.29, 0.717) is 5.92 Å². The Balaban J connectivity index is 1.98. The molecule has 0 radical (unpaired) electrons. The number of allylic oxidation sites excluding steroid dienone is 2. The first-order valence-corrected chi connectivity index (χ1v) is 5.98. The summed E-state index contributed by atoms with van der Waals surface area (Å²) < 4.78 is 24.7. The third-order valence-electron chi connectivity index (χ3n) is 3.64. The number of carbonyl (C=O) groups is 1. The Morgan fingerprint density at radius 1 is 1.41 bits per heavy atom. The average molecular weight is 245 g/mol. The third kappa shape index (κ3) is 2.65. The normalized spacial score (nSPS) is 30.2. The predicted molar refractivity (Wildman–Crippen MR) is 58.5 cm³/mol. The van der Waals surface area contributed by atoms with Crippen LogP contribution in [0.5, 0.6) is 0 Å². The second-order valence-corrected chi connectivity index (χ2v) is 4.79. The molecule has 0 heterocycles. The summed E-state index contributed by atoms with van der Waals surface area (Å²) >= 11 is 0. The van der Waals surface area contributed by atoms with Gasteiger partial charge in [0.15, 0.2) is 0 Å². The SMILES string of the molecule is O=C(C1CC2C=CC1C2)N(CCO)CC(F)F. The first-order chi connectivity index (χ1) is 8.11. The molecule has 1 amide bonds. The number of hydrogen-bond acceptors (Lipinski definition) is 2. The molecular weight excluding hydrogens is 228 g/mol. The first kappa shape index (κ1) is 12.5. The number of hydrogen-bond donors (Lipinski definition) is 1. The summed E-state index contributed by atoms with van der Waals surface area (Å²) in [5.74, 6) is 0.273. The highest BCUT2D eigenvalue weighted by Gasteiger charge is 2.41. The van der Waals surface area contributed by atoms with Gasteiger partial charge in [-0.15, -0.1) is 0 Å². The molecule has 17 heavy (non-hydrogen) atoms. The fraction of sp³-hybridized carbons (Fsp3) is 0.750. The number of fused-ring (bicyclic) bond motifs is 2. The summed E-state index contributed by atoms with van der Waals surface area (Å²) in [4.78, 5) is 13.2. The van der Waals surface area contributed by atoms with Crippen LogP contribution in [-0.2, 0) is 4.79 Å². The first-order valence-electron chi connectivity index (χ1n) is 5.98. The van der Waals surface area contributed by atoms with Crippen LogP contribution < -0.4 is 0 Å². The monoisotopic (exact) mass is 245 g/mol. The van der Waals surface area contributed by atoms with E-state index >= 15 is 0 Å². The summed E-state index contributed by atoms with van der Waals surface area (Å²) in [6.45, 7) is -0.840. The van der Waals surface area contributed by atoms with Crippen molar-refractivity contribution in [2.45, 2.75) is 19.3 Å². The number of alkyl halides is 2. The second kappa shape index (κ2) is 5.12. The van der Waals surface area contributed by atoms with Crippen LogP contribution in [-0.4, -0.2) is 42.0 Å². The Bertz CT molecular complexity index is 320. The molecule has 1 fully saturated rings. The van der Waals surface area contributed by atoms with Crippen molar-refractivity contribution >= 4 is 5.91 Å². The van der Waals surface area contributed by atoms with Crippen LogP contribution in [0.4, 0.5) is 8.78 Å². The lowest BCUT2D eigenvalue weighted by Gasteiger charge is -2.27. The summed E-state index contributed by atoms with van der Waals surface area (Å²) in [5, 5.41) is 8.82. The van der Waals surface area contributed by atoms with E-state index in [2.05, 4.69) is 6.08 Å². The molecule has 3 unspecified atom stereocenters. The number of rotatable bonds is 5. The minimum Gasteiger partial charge on any atom is -0.395 e. The van der Waals surface area contributed by atoms with Crippen LogP contribution >= 0.6 is 0 Å². The molecule has 2 bridgehead atoms. The molecule has 0 aromatic rings. The lowest BCUT2D eigenvalue weighted by atomic mass is 9.92. The minimum atomic E-state index is -2.54. The zero-order valence-electron chi connectivity index (χ0n) is 9.56. The fourth-order valence-corrected chi connectivity index (χ4v) is 2.88. The number of nitrogens with zero attached hydrogens (tertiary/aromatic N) is 1. The molecule has 0 spiro atoms. The van der Waals surface area contributed by atoms with Crippen molar-refractivity contribution in [2.24, 2.45) is 17.8 Å². The van der Waals surface area contributed by atoms with Gasteiger partial charge >= 0.3 is 0 Å². The Labute approximate surface area is 99.1 Å². The molecule has 0 aliphatic heterocycles. The minimum absolute atomic E-state index is 0.000768. The molecular formula is C12H17F2NO2. The van der Waals surface area contributed by atoms with Crippen LogP contribution in [0.1, 0.15) is 12.8 Å². The molecule has 1 saturated carbocycles. The maximum Gasteiger partial charge on any atom is 0.255 e. The molecule has 2 rings (SSSR count). The fourth-order valence-electron chi connectivity index (χ4n) is 2.88. The Hall–Kier alpha value is -0.970. The van der Waals surface area contributed by atoms with E-state index in [1.807, 2.05) is 6.08 Å². The van der Waals surface area contributed by atoms with Crippen molar-refractivity contribution in [3.8, 4) is 0 Å². The Kier molecular flexibility index (Phi) is 3.76. The van der Waals surface area contributed by atoms with Crippen molar-refractivity contribution < 1.29 is 18.7 Å². The molecule has 1 N–H and O–H groups in total. The van der Waals surface area contributed by atoms with Crippen molar-refractivity contribution in [1.82, 2.24) is 4.90 Å². The second-order valence-electron chi connectivity index (χ2n) is 4.79. The maximum atomic E-state index is 12.4. The molecule has 5 heteroatoms. The van der Waals surface area contributed by atoms with E-state index in [4.69, 9.17) is 5.11 Å². The van der Waals surface area contributed by atoms with E-state index in [1.165, 1.54) is 0 Å². The van der Waals surface area contributed by atoms with Crippen LogP contribution in [0.2, 0.25) is 0 Å². The zero-order chi connectivity index (χ0) is 12.4. The van der Waals surface area contributed by atoms with E-state index in [-0.39, 0.29) is 30.9 Å². The number of amides is 1. The van der Waals surface area contributed by atoms with Gasteiger partial charge in [0.05, 0.1) is 13.2 Å². The van der Waals surface area contributed by atoms with Gasteiger partial charge < -0.3 is 10.0 Å². The smallest absolute Gasteiger partial charge is 0.255 e. The lowest BCUT2D eigenvalue weighted by Crippen LogP contribution is -2.42. The van der Waals surface area contributed by atoms with Gasteiger partial charge in [-0.05, 0) is 24.7 Å². The van der Waals surface area contributed by atoms with Gasteiger partial charge in [0.2, 0.25) is 5.91 Å². The molecule has 96 valence electrons. The van der Waals surface area contributed by atoms with E-state index in [1.54, 1.807) is 0 Å². The highest BCUT2D eigenvalue weighted by Crippen LogP contribution is 2.44. The van der Waals surface area contributed by atoms with Gasteiger partial charge in [-0.1, -0.05) is 12.2 Å². The van der Waals surface area contributed by atoms with Gasteiger partial charge in [-0.2, -0.15) is 0 Å². The Morgan fingerprint density at radius 2 is 2.18 bits per heavy atom. The van der Waals surface area contributed by atoms with E-state index < -0.39 is 13.0 Å². The highest BCUT2D eigenvalue weighted by atomic mass is 19.3. The van der Waals surface area contributed by atoms with Gasteiger partial charge in [0, 0.05) is 12.5 Å². The molecule has 2 aliphatic rings. The van der Waals surface area contributed by atoms with Crippen LogP contribution in [0.15, 0.2) is 12.2 Å². The van der Waals surface area contributed by atoms with Crippen molar-refractivity contribution in [3.63, 3.8) is 0 Å².